The Kier molecular flexibility index (Phi) is 9.28. The van der Waals surface area contributed by atoms with Gasteiger partial charge in [0.1, 0.15) is 32.2 Å². The Hall–Kier alpha value is -3.16. The number of benzene rings is 1. The van der Waals surface area contributed by atoms with Gasteiger partial charge in [0.2, 0.25) is 0 Å². The highest BCUT2D eigenvalue weighted by atomic mass is 16.6. The monoisotopic (exact) mass is 374 g/mol. The Morgan fingerprint density at radius 1 is 1.07 bits per heavy atom. The number of hydrogen-bond donors (Lipinski definition) is 1. The van der Waals surface area contributed by atoms with E-state index in [0.29, 0.717) is 17.0 Å². The summed E-state index contributed by atoms with van der Waals surface area (Å²) in [5.41, 5.74) is 3.68. The van der Waals surface area contributed by atoms with Crippen molar-refractivity contribution in [3.8, 4) is 0 Å². The average Bonchev–Trinajstić information content (AvgIpc) is 2.65. The molecular formula is C19H26N4O4. The number of carbonyl (C=O) groups is 1. The maximum atomic E-state index is 12.1. The number of nitrogens with zero attached hydrogens (tertiary/aromatic N) is 3. The molecule has 0 atom stereocenters. The largest absolute Gasteiger partial charge is 0.399 e. The first-order valence-corrected chi connectivity index (χ1v) is 8.29. The van der Waals surface area contributed by atoms with Crippen molar-refractivity contribution in [1.29, 1.82) is 0 Å². The van der Waals surface area contributed by atoms with Crippen molar-refractivity contribution in [1.82, 2.24) is 5.32 Å². The van der Waals surface area contributed by atoms with E-state index in [4.69, 9.17) is 14.5 Å². The first kappa shape index (κ1) is 21.9. The molecule has 1 aromatic carbocycles. The molecule has 8 nitrogen and oxygen atoms in total. The summed E-state index contributed by atoms with van der Waals surface area (Å²) in [5, 5.41) is 14.4. The Labute approximate surface area is 159 Å². The zero-order valence-corrected chi connectivity index (χ0v) is 16.6. The van der Waals surface area contributed by atoms with Crippen LogP contribution in [0.3, 0.4) is 0 Å². The van der Waals surface area contributed by atoms with E-state index in [1.807, 2.05) is 32.1 Å². The molecule has 0 saturated heterocycles. The Morgan fingerprint density at radius 3 is 2.33 bits per heavy atom. The predicted molar refractivity (Wildman–Crippen MR) is 106 cm³/mol. The van der Waals surface area contributed by atoms with Crippen LogP contribution in [0.15, 0.2) is 51.4 Å². The molecule has 1 amide bonds. The van der Waals surface area contributed by atoms with Crippen LogP contribution in [0.25, 0.3) is 0 Å². The zero-order valence-electron chi connectivity index (χ0n) is 16.6. The van der Waals surface area contributed by atoms with Crippen molar-refractivity contribution in [2.45, 2.75) is 27.4 Å². The molecule has 1 rings (SSSR count). The van der Waals surface area contributed by atoms with Crippen molar-refractivity contribution in [3.63, 3.8) is 0 Å². The molecule has 146 valence electrons. The van der Waals surface area contributed by atoms with Gasteiger partial charge in [0.15, 0.2) is 5.71 Å². The molecule has 0 radical (unpaired) electrons. The molecule has 1 N–H and O–H groups in total. The third-order valence-corrected chi connectivity index (χ3v) is 3.30. The molecule has 0 aliphatic carbocycles. The predicted octanol–water partition coefficient (Wildman–Crippen LogP) is 2.64. The van der Waals surface area contributed by atoms with Crippen LogP contribution in [0.2, 0.25) is 0 Å². The minimum Gasteiger partial charge on any atom is -0.399 e. The molecule has 0 aliphatic heterocycles. The van der Waals surface area contributed by atoms with Crippen LogP contribution >= 0.6 is 0 Å². The van der Waals surface area contributed by atoms with Gasteiger partial charge in [-0.2, -0.15) is 0 Å². The zero-order chi connectivity index (χ0) is 20.2. The molecule has 0 saturated carbocycles. The lowest BCUT2D eigenvalue weighted by molar-refractivity contribution is -0.114. The molecular weight excluding hydrogens is 348 g/mol. The second kappa shape index (κ2) is 11.5. The minimum atomic E-state index is -0.359. The number of carbonyl (C=O) groups excluding carboxylic acids is 1. The standard InChI is InChI=1S/C19H26N4O4/c1-13(2)11-17(22-25-5)14(3)21-27-12-15-9-7-8-10-16(15)18(23-26-6)19(24)20-4/h7-11H,12H2,1-6H3,(H,20,24)/b21-14+,22-17-,23-18+. The summed E-state index contributed by atoms with van der Waals surface area (Å²) in [7, 11) is 4.38. The normalized spacial score (nSPS) is 12.3. The smallest absolute Gasteiger partial charge is 0.273 e. The number of rotatable bonds is 9. The van der Waals surface area contributed by atoms with Crippen LogP contribution in [0.5, 0.6) is 0 Å². The number of amides is 1. The first-order chi connectivity index (χ1) is 12.9. The SMILES string of the molecule is CNC(=O)/C(=N/OC)c1ccccc1CO/N=C(C)/C(C=C(C)C)=N\OC. The van der Waals surface area contributed by atoms with Crippen LogP contribution in [-0.4, -0.2) is 44.3 Å². The summed E-state index contributed by atoms with van der Waals surface area (Å²) >= 11 is 0. The van der Waals surface area contributed by atoms with Crippen LogP contribution in [0.4, 0.5) is 0 Å². The van der Waals surface area contributed by atoms with Crippen molar-refractivity contribution in [2.24, 2.45) is 15.5 Å². The molecule has 27 heavy (non-hydrogen) atoms. The highest BCUT2D eigenvalue weighted by Crippen LogP contribution is 2.13. The van der Waals surface area contributed by atoms with Gasteiger partial charge in [-0.3, -0.25) is 4.79 Å². The maximum absolute atomic E-state index is 12.1. The Bertz CT molecular complexity index is 763. The van der Waals surface area contributed by atoms with Crippen molar-refractivity contribution < 1.29 is 19.3 Å². The van der Waals surface area contributed by atoms with Gasteiger partial charge < -0.3 is 19.8 Å². The molecule has 0 unspecified atom stereocenters. The van der Waals surface area contributed by atoms with E-state index in [1.165, 1.54) is 21.3 Å². The molecule has 0 bridgehead atoms. The minimum absolute atomic E-state index is 0.141. The lowest BCUT2D eigenvalue weighted by atomic mass is 10.0. The lowest BCUT2D eigenvalue weighted by Crippen LogP contribution is -2.29. The second-order valence-corrected chi connectivity index (χ2v) is 5.69. The highest BCUT2D eigenvalue weighted by molar-refractivity contribution is 6.46. The summed E-state index contributed by atoms with van der Waals surface area (Å²) in [6, 6.07) is 7.24. The summed E-state index contributed by atoms with van der Waals surface area (Å²) < 4.78 is 0. The van der Waals surface area contributed by atoms with E-state index in [9.17, 15) is 4.79 Å². The number of oxime groups is 3. The highest BCUT2D eigenvalue weighted by Gasteiger charge is 2.17. The van der Waals surface area contributed by atoms with Gasteiger partial charge in [-0.05, 0) is 26.8 Å². The molecule has 0 spiro atoms. The molecule has 0 aliphatic rings. The lowest BCUT2D eigenvalue weighted by Gasteiger charge is -2.10. The third-order valence-electron chi connectivity index (χ3n) is 3.30. The molecule has 0 aromatic heterocycles. The summed E-state index contributed by atoms with van der Waals surface area (Å²) in [6.45, 7) is 5.81. The van der Waals surface area contributed by atoms with E-state index in [2.05, 4.69) is 20.8 Å². The van der Waals surface area contributed by atoms with Gasteiger partial charge in [0.05, 0.1) is 0 Å². The van der Waals surface area contributed by atoms with Gasteiger partial charge in [-0.25, -0.2) is 0 Å². The molecule has 1 aromatic rings. The Balaban J connectivity index is 3.04. The van der Waals surface area contributed by atoms with E-state index in [1.54, 1.807) is 19.1 Å². The van der Waals surface area contributed by atoms with Gasteiger partial charge in [0, 0.05) is 18.2 Å². The number of nitrogens with one attached hydrogen (secondary N) is 1. The van der Waals surface area contributed by atoms with Crippen LogP contribution in [0.1, 0.15) is 31.9 Å². The quantitative estimate of drug-likeness (QED) is 0.531. The molecule has 8 heteroatoms. The summed E-state index contributed by atoms with van der Waals surface area (Å²) in [5.74, 6) is -0.359. The molecule has 0 fully saturated rings. The van der Waals surface area contributed by atoms with Crippen LogP contribution < -0.4 is 5.32 Å². The van der Waals surface area contributed by atoms with E-state index < -0.39 is 0 Å². The van der Waals surface area contributed by atoms with Gasteiger partial charge in [-0.1, -0.05) is 45.3 Å². The average molecular weight is 374 g/mol. The van der Waals surface area contributed by atoms with Crippen LogP contribution in [0, 0.1) is 0 Å². The number of hydrogen-bond acceptors (Lipinski definition) is 7. The fourth-order valence-electron chi connectivity index (χ4n) is 2.11. The van der Waals surface area contributed by atoms with Crippen molar-refractivity contribution >= 4 is 23.0 Å². The number of likely N-dealkylation sites (N-methyl/N-ethyl adjacent to an activating group) is 1. The van der Waals surface area contributed by atoms with Gasteiger partial charge >= 0.3 is 0 Å². The third kappa shape index (κ3) is 6.93. The maximum Gasteiger partial charge on any atom is 0.273 e. The second-order valence-electron chi connectivity index (χ2n) is 5.69. The van der Waals surface area contributed by atoms with Crippen molar-refractivity contribution in [3.05, 3.63) is 47.0 Å². The van der Waals surface area contributed by atoms with Gasteiger partial charge in [0.25, 0.3) is 5.91 Å². The summed E-state index contributed by atoms with van der Waals surface area (Å²) in [4.78, 5) is 27.2. The van der Waals surface area contributed by atoms with E-state index in [-0.39, 0.29) is 18.2 Å². The summed E-state index contributed by atoms with van der Waals surface area (Å²) in [6.07, 6.45) is 1.84. The van der Waals surface area contributed by atoms with Crippen molar-refractivity contribution in [2.75, 3.05) is 21.3 Å². The fraction of sp³-hybridized carbons (Fsp3) is 0.368. The first-order valence-electron chi connectivity index (χ1n) is 8.29. The van der Waals surface area contributed by atoms with Crippen LogP contribution in [-0.2, 0) is 25.9 Å². The molecule has 0 heterocycles. The number of allylic oxidation sites excluding steroid dienone is 2. The fourth-order valence-corrected chi connectivity index (χ4v) is 2.11. The van der Waals surface area contributed by atoms with E-state index >= 15 is 0 Å². The van der Waals surface area contributed by atoms with E-state index in [0.717, 1.165) is 11.1 Å². The Morgan fingerprint density at radius 2 is 1.74 bits per heavy atom. The topological polar surface area (TPSA) is 93.9 Å². The van der Waals surface area contributed by atoms with Gasteiger partial charge in [-0.15, -0.1) is 0 Å².